The van der Waals surface area contributed by atoms with Crippen LogP contribution in [0.5, 0.6) is 0 Å². The van der Waals surface area contributed by atoms with Crippen LogP contribution in [-0.2, 0) is 16.6 Å². The molecule has 0 spiro atoms. The summed E-state index contributed by atoms with van der Waals surface area (Å²) in [6.07, 6.45) is 0.873. The van der Waals surface area contributed by atoms with Gasteiger partial charge in [-0.3, -0.25) is 19.6 Å². The molecule has 120 valence electrons. The largest absolute Gasteiger partial charge is 0.368 e. The first-order valence-corrected chi connectivity index (χ1v) is 7.84. The van der Waals surface area contributed by atoms with Gasteiger partial charge in [-0.25, -0.2) is 0 Å². The second kappa shape index (κ2) is 5.06. The third-order valence-electron chi connectivity index (χ3n) is 4.71. The first kappa shape index (κ1) is 14.2. The number of hydrogen-bond donors (Lipinski definition) is 2. The molecule has 3 N–H and O–H groups in total. The minimum Gasteiger partial charge on any atom is -0.368 e. The maximum atomic E-state index is 12.1. The van der Waals surface area contributed by atoms with Crippen LogP contribution in [0.4, 0.5) is 5.69 Å². The van der Waals surface area contributed by atoms with E-state index in [1.165, 1.54) is 0 Å². The first-order valence-electron chi connectivity index (χ1n) is 7.84. The summed E-state index contributed by atoms with van der Waals surface area (Å²) in [7, 11) is 1.88. The van der Waals surface area contributed by atoms with Crippen molar-refractivity contribution in [3.63, 3.8) is 0 Å². The number of hydrogen-bond acceptors (Lipinski definition) is 5. The highest BCUT2D eigenvalue weighted by molar-refractivity contribution is 6.02. The number of aromatic nitrogens is 2. The molecule has 2 fully saturated rings. The fraction of sp³-hybridized carbons (Fsp3) is 0.438. The fourth-order valence-corrected chi connectivity index (χ4v) is 3.41. The zero-order chi connectivity index (χ0) is 16.1. The van der Waals surface area contributed by atoms with Crippen molar-refractivity contribution in [1.29, 1.82) is 0 Å². The number of amides is 2. The molecule has 1 aromatic carbocycles. The van der Waals surface area contributed by atoms with E-state index in [1.807, 2.05) is 19.2 Å². The summed E-state index contributed by atoms with van der Waals surface area (Å²) in [6.45, 7) is 1.73. The number of nitrogens with zero attached hydrogens (tertiary/aromatic N) is 3. The van der Waals surface area contributed by atoms with E-state index in [-0.39, 0.29) is 23.8 Å². The van der Waals surface area contributed by atoms with Crippen molar-refractivity contribution in [3.8, 4) is 0 Å². The number of fused-ring (bicyclic) bond motifs is 1. The standard InChI is InChI=1S/C16H19N5O2/c1-20-13-6-10(21-7-9(17)8-21)2-3-11(13)15(19-20)12-4-5-14(22)18-16(12)23/h2-3,6,9,12H,4-5,7-8,17H2,1H3,(H,18,22,23). The maximum Gasteiger partial charge on any atom is 0.235 e. The molecule has 2 amide bonds. The highest BCUT2D eigenvalue weighted by atomic mass is 16.2. The highest BCUT2D eigenvalue weighted by Gasteiger charge is 2.32. The highest BCUT2D eigenvalue weighted by Crippen LogP contribution is 2.32. The summed E-state index contributed by atoms with van der Waals surface area (Å²) >= 11 is 0. The predicted molar refractivity (Wildman–Crippen MR) is 86.0 cm³/mol. The van der Waals surface area contributed by atoms with Crippen molar-refractivity contribution >= 4 is 28.4 Å². The molecule has 3 heterocycles. The zero-order valence-corrected chi connectivity index (χ0v) is 13.0. The zero-order valence-electron chi connectivity index (χ0n) is 13.0. The maximum absolute atomic E-state index is 12.1. The van der Waals surface area contributed by atoms with Crippen LogP contribution < -0.4 is 16.0 Å². The third kappa shape index (κ3) is 2.28. The minimum atomic E-state index is -0.361. The average molecular weight is 313 g/mol. The van der Waals surface area contributed by atoms with E-state index in [4.69, 9.17) is 5.73 Å². The molecule has 1 aromatic heterocycles. The van der Waals surface area contributed by atoms with Crippen LogP contribution in [0.15, 0.2) is 18.2 Å². The van der Waals surface area contributed by atoms with Crippen molar-refractivity contribution in [2.24, 2.45) is 12.8 Å². The van der Waals surface area contributed by atoms with Crippen molar-refractivity contribution in [2.75, 3.05) is 18.0 Å². The molecule has 7 heteroatoms. The molecule has 2 aromatic rings. The Morgan fingerprint density at radius 2 is 2.09 bits per heavy atom. The van der Waals surface area contributed by atoms with Crippen LogP contribution in [0.3, 0.4) is 0 Å². The van der Waals surface area contributed by atoms with E-state index < -0.39 is 0 Å². The topological polar surface area (TPSA) is 93.2 Å². The van der Waals surface area contributed by atoms with Gasteiger partial charge in [-0.15, -0.1) is 0 Å². The summed E-state index contributed by atoms with van der Waals surface area (Å²) in [5.74, 6) is -0.818. The molecule has 2 saturated heterocycles. The number of anilines is 1. The van der Waals surface area contributed by atoms with Gasteiger partial charge in [0.1, 0.15) is 0 Å². The number of piperidine rings is 1. The Morgan fingerprint density at radius 1 is 1.30 bits per heavy atom. The summed E-state index contributed by atoms with van der Waals surface area (Å²) in [4.78, 5) is 25.7. The van der Waals surface area contributed by atoms with Gasteiger partial charge in [0, 0.05) is 43.7 Å². The molecule has 0 aliphatic carbocycles. The third-order valence-corrected chi connectivity index (χ3v) is 4.71. The van der Waals surface area contributed by atoms with Crippen LogP contribution in [0, 0.1) is 0 Å². The Hall–Kier alpha value is -2.41. The number of rotatable bonds is 2. The lowest BCUT2D eigenvalue weighted by molar-refractivity contribution is -0.134. The van der Waals surface area contributed by atoms with Gasteiger partial charge in [0.15, 0.2) is 0 Å². The first-order chi connectivity index (χ1) is 11.0. The second-order valence-corrected chi connectivity index (χ2v) is 6.38. The molecule has 7 nitrogen and oxygen atoms in total. The van der Waals surface area contributed by atoms with E-state index >= 15 is 0 Å². The van der Waals surface area contributed by atoms with E-state index in [1.54, 1.807) is 4.68 Å². The van der Waals surface area contributed by atoms with Gasteiger partial charge >= 0.3 is 0 Å². The van der Waals surface area contributed by atoms with Gasteiger partial charge in [-0.1, -0.05) is 0 Å². The molecule has 1 atom stereocenters. The van der Waals surface area contributed by atoms with Crippen molar-refractivity contribution in [2.45, 2.75) is 24.8 Å². The van der Waals surface area contributed by atoms with Crippen molar-refractivity contribution < 1.29 is 9.59 Å². The number of carbonyl (C=O) groups excluding carboxylic acids is 2. The summed E-state index contributed by atoms with van der Waals surface area (Å²) in [5, 5.41) is 7.92. The van der Waals surface area contributed by atoms with Gasteiger partial charge in [-0.2, -0.15) is 5.10 Å². The van der Waals surface area contributed by atoms with Crippen LogP contribution in [0.1, 0.15) is 24.5 Å². The van der Waals surface area contributed by atoms with Crippen LogP contribution in [0.25, 0.3) is 10.9 Å². The van der Waals surface area contributed by atoms with Gasteiger partial charge in [0.05, 0.1) is 17.1 Å². The Morgan fingerprint density at radius 3 is 2.78 bits per heavy atom. The second-order valence-electron chi connectivity index (χ2n) is 6.38. The van der Waals surface area contributed by atoms with E-state index in [0.717, 1.165) is 35.4 Å². The Labute approximate surface area is 133 Å². The molecule has 4 rings (SSSR count). The smallest absolute Gasteiger partial charge is 0.235 e. The molecule has 2 aliphatic heterocycles. The lowest BCUT2D eigenvalue weighted by atomic mass is 9.92. The summed E-state index contributed by atoms with van der Waals surface area (Å²) < 4.78 is 1.80. The molecule has 0 radical (unpaired) electrons. The normalized spacial score (nSPS) is 22.3. The van der Waals surface area contributed by atoms with Gasteiger partial charge in [0.25, 0.3) is 0 Å². The van der Waals surface area contributed by atoms with Crippen LogP contribution in [-0.4, -0.2) is 40.7 Å². The summed E-state index contributed by atoms with van der Waals surface area (Å²) in [5.41, 5.74) is 8.71. The molecule has 1 unspecified atom stereocenters. The molecule has 2 aliphatic rings. The Bertz CT molecular complexity index is 806. The Kier molecular flexibility index (Phi) is 3.12. The minimum absolute atomic E-state index is 0.206. The summed E-state index contributed by atoms with van der Waals surface area (Å²) in [6, 6.07) is 6.39. The molecular formula is C16H19N5O2. The number of carbonyl (C=O) groups is 2. The number of benzene rings is 1. The molecule has 0 bridgehead atoms. The predicted octanol–water partition coefficient (Wildman–Crippen LogP) is 0.241. The number of nitrogens with one attached hydrogen (secondary N) is 1. The molecular weight excluding hydrogens is 294 g/mol. The average Bonchev–Trinajstić information content (AvgIpc) is 2.81. The number of imide groups is 1. The van der Waals surface area contributed by atoms with Gasteiger partial charge < -0.3 is 10.6 Å². The lowest BCUT2D eigenvalue weighted by Crippen LogP contribution is -2.55. The van der Waals surface area contributed by atoms with Crippen molar-refractivity contribution in [3.05, 3.63) is 23.9 Å². The lowest BCUT2D eigenvalue weighted by Gasteiger charge is -2.38. The van der Waals surface area contributed by atoms with E-state index in [9.17, 15) is 9.59 Å². The van der Waals surface area contributed by atoms with Crippen LogP contribution >= 0.6 is 0 Å². The molecule has 0 saturated carbocycles. The quantitative estimate of drug-likeness (QED) is 0.775. The number of aryl methyl sites for hydroxylation is 1. The fourth-order valence-electron chi connectivity index (χ4n) is 3.41. The Balaban J connectivity index is 1.71. The monoisotopic (exact) mass is 313 g/mol. The van der Waals surface area contributed by atoms with Gasteiger partial charge in [-0.05, 0) is 24.6 Å². The van der Waals surface area contributed by atoms with Crippen LogP contribution in [0.2, 0.25) is 0 Å². The van der Waals surface area contributed by atoms with E-state index in [2.05, 4.69) is 21.4 Å². The SMILES string of the molecule is Cn1nc(C2CCC(=O)NC2=O)c2ccc(N3CC(N)C3)cc21. The van der Waals surface area contributed by atoms with Gasteiger partial charge in [0.2, 0.25) is 11.8 Å². The molecule has 23 heavy (non-hydrogen) atoms. The van der Waals surface area contributed by atoms with Crippen molar-refractivity contribution in [1.82, 2.24) is 15.1 Å². The van der Waals surface area contributed by atoms with E-state index in [0.29, 0.717) is 12.8 Å². The number of nitrogens with two attached hydrogens (primary N) is 1.